The SMILES string of the molecule is CCNC(=NCc1cccc(OCC(=O)N(C)C)c1)NCCCN1CCCCCC1=O.I. The van der Waals surface area contributed by atoms with Gasteiger partial charge in [0.05, 0.1) is 6.54 Å². The molecule has 0 atom stereocenters. The highest BCUT2D eigenvalue weighted by Crippen LogP contribution is 2.14. The zero-order chi connectivity index (χ0) is 22.5. The van der Waals surface area contributed by atoms with E-state index in [0.29, 0.717) is 18.7 Å². The maximum absolute atomic E-state index is 12.1. The number of rotatable bonds is 10. The molecule has 32 heavy (non-hydrogen) atoms. The van der Waals surface area contributed by atoms with Crippen molar-refractivity contribution in [3.63, 3.8) is 0 Å². The summed E-state index contributed by atoms with van der Waals surface area (Å²) < 4.78 is 5.58. The summed E-state index contributed by atoms with van der Waals surface area (Å²) in [5.74, 6) is 1.61. The zero-order valence-corrected chi connectivity index (χ0v) is 21.9. The summed E-state index contributed by atoms with van der Waals surface area (Å²) in [4.78, 5) is 31.9. The Hall–Kier alpha value is -2.04. The Kier molecular flexibility index (Phi) is 13.7. The fourth-order valence-corrected chi connectivity index (χ4v) is 3.27. The van der Waals surface area contributed by atoms with Gasteiger partial charge in [-0.3, -0.25) is 9.59 Å². The fourth-order valence-electron chi connectivity index (χ4n) is 3.27. The number of carbonyl (C=O) groups excluding carboxylic acids is 2. The molecule has 1 aromatic carbocycles. The summed E-state index contributed by atoms with van der Waals surface area (Å²) in [5, 5.41) is 6.60. The van der Waals surface area contributed by atoms with Crippen LogP contribution < -0.4 is 15.4 Å². The second-order valence-corrected chi connectivity index (χ2v) is 7.89. The van der Waals surface area contributed by atoms with Crippen molar-refractivity contribution < 1.29 is 14.3 Å². The second-order valence-electron chi connectivity index (χ2n) is 7.89. The quantitative estimate of drug-likeness (QED) is 0.199. The third kappa shape index (κ3) is 10.5. The molecule has 2 rings (SSSR count). The minimum Gasteiger partial charge on any atom is -0.484 e. The van der Waals surface area contributed by atoms with Crippen LogP contribution in [0.4, 0.5) is 0 Å². The summed E-state index contributed by atoms with van der Waals surface area (Å²) in [6.07, 6.45) is 4.84. The maximum atomic E-state index is 12.1. The number of benzene rings is 1. The van der Waals surface area contributed by atoms with Crippen molar-refractivity contribution in [2.45, 2.75) is 45.6 Å². The summed E-state index contributed by atoms with van der Waals surface area (Å²) in [7, 11) is 3.41. The number of hydrogen-bond acceptors (Lipinski definition) is 4. The number of halogens is 1. The van der Waals surface area contributed by atoms with Gasteiger partial charge in [0.2, 0.25) is 5.91 Å². The monoisotopic (exact) mass is 559 g/mol. The van der Waals surface area contributed by atoms with E-state index in [1.54, 1.807) is 14.1 Å². The molecule has 0 aliphatic carbocycles. The number of hydrogen-bond donors (Lipinski definition) is 2. The van der Waals surface area contributed by atoms with Crippen LogP contribution in [0.15, 0.2) is 29.3 Å². The highest BCUT2D eigenvalue weighted by Gasteiger charge is 2.15. The van der Waals surface area contributed by atoms with Gasteiger partial charge in [-0.1, -0.05) is 18.6 Å². The van der Waals surface area contributed by atoms with E-state index in [4.69, 9.17) is 4.74 Å². The van der Waals surface area contributed by atoms with Gasteiger partial charge in [-0.2, -0.15) is 0 Å². The third-order valence-electron chi connectivity index (χ3n) is 5.09. The Morgan fingerprint density at radius 2 is 2.03 bits per heavy atom. The standard InChI is InChI=1S/C23H37N5O3.HI/c1-4-24-23(25-13-9-15-28-14-7-5-6-12-21(28)29)26-17-19-10-8-11-20(16-19)31-18-22(30)27(2)3;/h8,10-11,16H,4-7,9,12-15,17-18H2,1-3H3,(H2,24,25,26);1H. The van der Waals surface area contributed by atoms with Gasteiger partial charge in [0.1, 0.15) is 5.75 Å². The fraction of sp³-hybridized carbons (Fsp3) is 0.609. The topological polar surface area (TPSA) is 86.3 Å². The van der Waals surface area contributed by atoms with Gasteiger partial charge in [0, 0.05) is 46.7 Å². The number of ether oxygens (including phenoxy) is 1. The van der Waals surface area contributed by atoms with Crippen LogP contribution in [-0.4, -0.2) is 74.5 Å². The summed E-state index contributed by atoms with van der Waals surface area (Å²) in [5.41, 5.74) is 1.00. The molecule has 1 heterocycles. The van der Waals surface area contributed by atoms with Gasteiger partial charge in [-0.15, -0.1) is 24.0 Å². The molecule has 0 saturated carbocycles. The van der Waals surface area contributed by atoms with Crippen LogP contribution in [0, 0.1) is 0 Å². The number of nitrogens with zero attached hydrogens (tertiary/aromatic N) is 3. The molecule has 1 aromatic rings. The van der Waals surface area contributed by atoms with Crippen molar-refractivity contribution >= 4 is 41.8 Å². The molecule has 1 aliphatic heterocycles. The average Bonchev–Trinajstić information content (AvgIpc) is 2.97. The summed E-state index contributed by atoms with van der Waals surface area (Å²) in [6, 6.07) is 7.63. The van der Waals surface area contributed by atoms with Gasteiger partial charge >= 0.3 is 0 Å². The van der Waals surface area contributed by atoms with E-state index in [-0.39, 0.29) is 42.4 Å². The number of aliphatic imine (C=N–C) groups is 1. The number of carbonyl (C=O) groups is 2. The molecular weight excluding hydrogens is 521 g/mol. The number of likely N-dealkylation sites (N-methyl/N-ethyl adjacent to an activating group) is 1. The van der Waals surface area contributed by atoms with Crippen LogP contribution in [0.5, 0.6) is 5.75 Å². The van der Waals surface area contributed by atoms with Crippen LogP contribution >= 0.6 is 24.0 Å². The highest BCUT2D eigenvalue weighted by molar-refractivity contribution is 14.0. The van der Waals surface area contributed by atoms with Crippen LogP contribution in [0.25, 0.3) is 0 Å². The molecule has 0 radical (unpaired) electrons. The first-order valence-corrected chi connectivity index (χ1v) is 11.2. The second kappa shape index (κ2) is 15.7. The molecule has 0 spiro atoms. The maximum Gasteiger partial charge on any atom is 0.259 e. The van der Waals surface area contributed by atoms with Crippen LogP contribution in [-0.2, 0) is 16.1 Å². The Bertz CT molecular complexity index is 742. The van der Waals surface area contributed by atoms with Crippen LogP contribution in [0.2, 0.25) is 0 Å². The van der Waals surface area contributed by atoms with Crippen molar-refractivity contribution in [3.8, 4) is 5.75 Å². The zero-order valence-electron chi connectivity index (χ0n) is 19.6. The minimum atomic E-state index is -0.0797. The van der Waals surface area contributed by atoms with E-state index in [0.717, 1.165) is 63.4 Å². The van der Waals surface area contributed by atoms with E-state index in [1.165, 1.54) is 4.90 Å². The highest BCUT2D eigenvalue weighted by atomic mass is 127. The molecule has 2 amide bonds. The van der Waals surface area contributed by atoms with Crippen LogP contribution in [0.1, 0.15) is 44.6 Å². The molecule has 0 unspecified atom stereocenters. The third-order valence-corrected chi connectivity index (χ3v) is 5.09. The van der Waals surface area contributed by atoms with Crippen molar-refractivity contribution in [3.05, 3.63) is 29.8 Å². The molecule has 1 aliphatic rings. The van der Waals surface area contributed by atoms with Gasteiger partial charge in [-0.05, 0) is 43.9 Å². The van der Waals surface area contributed by atoms with Gasteiger partial charge in [0.25, 0.3) is 5.91 Å². The Labute approximate surface area is 209 Å². The van der Waals surface area contributed by atoms with Crippen LogP contribution in [0.3, 0.4) is 0 Å². The molecule has 1 saturated heterocycles. The minimum absolute atomic E-state index is 0. The largest absolute Gasteiger partial charge is 0.484 e. The van der Waals surface area contributed by atoms with E-state index in [1.807, 2.05) is 36.1 Å². The summed E-state index contributed by atoms with van der Waals surface area (Å²) in [6.45, 7) is 5.74. The van der Waals surface area contributed by atoms with Crippen molar-refractivity contribution in [2.24, 2.45) is 4.99 Å². The van der Waals surface area contributed by atoms with E-state index in [9.17, 15) is 9.59 Å². The van der Waals surface area contributed by atoms with Gasteiger partial charge < -0.3 is 25.2 Å². The smallest absolute Gasteiger partial charge is 0.259 e. The molecular formula is C23H38IN5O3. The van der Waals surface area contributed by atoms with Crippen molar-refractivity contribution in [1.29, 1.82) is 0 Å². The Morgan fingerprint density at radius 3 is 2.78 bits per heavy atom. The number of nitrogens with one attached hydrogen (secondary N) is 2. The molecule has 0 bridgehead atoms. The lowest BCUT2D eigenvalue weighted by Gasteiger charge is -2.20. The average molecular weight is 559 g/mol. The van der Waals surface area contributed by atoms with Gasteiger partial charge in [0.15, 0.2) is 12.6 Å². The molecule has 2 N–H and O–H groups in total. The predicted octanol–water partition coefficient (Wildman–Crippen LogP) is 2.62. The molecule has 0 aromatic heterocycles. The molecule has 180 valence electrons. The van der Waals surface area contributed by atoms with Crippen molar-refractivity contribution in [2.75, 3.05) is 46.9 Å². The van der Waals surface area contributed by atoms with E-state index < -0.39 is 0 Å². The lowest BCUT2D eigenvalue weighted by Crippen LogP contribution is -2.39. The summed E-state index contributed by atoms with van der Waals surface area (Å²) >= 11 is 0. The van der Waals surface area contributed by atoms with E-state index >= 15 is 0 Å². The first kappa shape index (κ1) is 28.0. The first-order valence-electron chi connectivity index (χ1n) is 11.2. The van der Waals surface area contributed by atoms with Crippen molar-refractivity contribution in [1.82, 2.24) is 20.4 Å². The molecule has 8 nitrogen and oxygen atoms in total. The first-order chi connectivity index (χ1) is 15.0. The normalized spacial score (nSPS) is 14.3. The number of likely N-dealkylation sites (tertiary alicyclic amines) is 1. The van der Waals surface area contributed by atoms with E-state index in [2.05, 4.69) is 15.6 Å². The number of amides is 2. The predicted molar refractivity (Wildman–Crippen MR) is 139 cm³/mol. The number of guanidine groups is 1. The lowest BCUT2D eigenvalue weighted by atomic mass is 10.2. The Morgan fingerprint density at radius 1 is 1.22 bits per heavy atom. The molecule has 1 fully saturated rings. The van der Waals surface area contributed by atoms with Gasteiger partial charge in [-0.25, -0.2) is 4.99 Å². The lowest BCUT2D eigenvalue weighted by molar-refractivity contribution is -0.131. The molecule has 9 heteroatoms. The Balaban J connectivity index is 0.00000512.